The minimum atomic E-state index is -0.226. The van der Waals surface area contributed by atoms with Crippen LogP contribution >= 0.6 is 0 Å². The molecule has 0 spiro atoms. The van der Waals surface area contributed by atoms with Crippen molar-refractivity contribution in [1.29, 1.82) is 0 Å². The summed E-state index contributed by atoms with van der Waals surface area (Å²) in [5.74, 6) is 1.14. The highest BCUT2D eigenvalue weighted by molar-refractivity contribution is 6.02. The van der Waals surface area contributed by atoms with E-state index in [-0.39, 0.29) is 5.91 Å². The number of rotatable bonds is 7. The van der Waals surface area contributed by atoms with Crippen LogP contribution in [-0.2, 0) is 11.3 Å². The van der Waals surface area contributed by atoms with Gasteiger partial charge in [-0.2, -0.15) is 5.10 Å². The van der Waals surface area contributed by atoms with E-state index in [1.54, 1.807) is 38.6 Å². The van der Waals surface area contributed by atoms with Crippen LogP contribution in [0.3, 0.4) is 0 Å². The summed E-state index contributed by atoms with van der Waals surface area (Å²) in [5, 5.41) is 7.06. The Morgan fingerprint density at radius 3 is 2.78 bits per heavy atom. The normalized spacial score (nSPS) is 10.7. The molecule has 138 valence electrons. The number of methoxy groups -OCH3 is 2. The first-order chi connectivity index (χ1) is 13.2. The molecule has 1 aromatic heterocycles. The van der Waals surface area contributed by atoms with E-state index < -0.39 is 0 Å². The van der Waals surface area contributed by atoms with Crippen molar-refractivity contribution in [2.24, 2.45) is 0 Å². The molecule has 0 unspecified atom stereocenters. The van der Waals surface area contributed by atoms with Gasteiger partial charge in [-0.05, 0) is 48.0 Å². The smallest absolute Gasteiger partial charge is 0.248 e. The van der Waals surface area contributed by atoms with Crippen LogP contribution in [-0.4, -0.2) is 29.9 Å². The van der Waals surface area contributed by atoms with Gasteiger partial charge >= 0.3 is 0 Å². The summed E-state index contributed by atoms with van der Waals surface area (Å²) in [6.45, 7) is 0.646. The number of amides is 1. The lowest BCUT2D eigenvalue weighted by Gasteiger charge is -2.08. The summed E-state index contributed by atoms with van der Waals surface area (Å²) in [5.41, 5.74) is 2.54. The summed E-state index contributed by atoms with van der Waals surface area (Å²) >= 11 is 0. The molecule has 1 N–H and O–H groups in total. The van der Waals surface area contributed by atoms with E-state index in [0.29, 0.717) is 18.0 Å². The average Bonchev–Trinajstić information content (AvgIpc) is 3.19. The molecule has 0 bridgehead atoms. The molecule has 0 aliphatic rings. The molecule has 0 atom stereocenters. The van der Waals surface area contributed by atoms with Crippen LogP contribution in [0.5, 0.6) is 11.5 Å². The molecule has 0 aliphatic carbocycles. The Morgan fingerprint density at radius 2 is 2.04 bits per heavy atom. The van der Waals surface area contributed by atoms with Crippen molar-refractivity contribution in [3.8, 4) is 11.5 Å². The van der Waals surface area contributed by atoms with Crippen LogP contribution in [0.25, 0.3) is 6.08 Å². The number of anilines is 1. The van der Waals surface area contributed by atoms with Gasteiger partial charge in [0.25, 0.3) is 0 Å². The van der Waals surface area contributed by atoms with Gasteiger partial charge in [-0.3, -0.25) is 9.48 Å². The summed E-state index contributed by atoms with van der Waals surface area (Å²) in [7, 11) is 3.18. The van der Waals surface area contributed by atoms with Crippen molar-refractivity contribution in [2.75, 3.05) is 19.5 Å². The molecular formula is C21H21N3O3. The lowest BCUT2D eigenvalue weighted by atomic mass is 10.1. The molecule has 1 amide bonds. The van der Waals surface area contributed by atoms with E-state index >= 15 is 0 Å². The van der Waals surface area contributed by atoms with Gasteiger partial charge in [-0.1, -0.05) is 12.1 Å². The maximum absolute atomic E-state index is 12.3. The molecule has 6 heteroatoms. The molecule has 27 heavy (non-hydrogen) atoms. The number of nitrogens with one attached hydrogen (secondary N) is 1. The third kappa shape index (κ3) is 4.98. The standard InChI is InChI=1S/C21H21N3O3/c1-26-19-8-9-20(27-2)17(14-19)7-10-21(25)23-18-6-3-5-16(13-18)15-24-12-4-11-22-24/h3-14H,15H2,1-2H3,(H,23,25)/b10-7+. The molecule has 0 radical (unpaired) electrons. The lowest BCUT2D eigenvalue weighted by molar-refractivity contribution is -0.111. The topological polar surface area (TPSA) is 65.4 Å². The van der Waals surface area contributed by atoms with Crippen LogP contribution in [0, 0.1) is 0 Å². The first-order valence-corrected chi connectivity index (χ1v) is 8.45. The Balaban J connectivity index is 1.68. The second-order valence-electron chi connectivity index (χ2n) is 5.83. The molecule has 0 fully saturated rings. The van der Waals surface area contributed by atoms with Crippen LogP contribution in [0.4, 0.5) is 5.69 Å². The van der Waals surface area contributed by atoms with Gasteiger partial charge in [0.2, 0.25) is 5.91 Å². The lowest BCUT2D eigenvalue weighted by Crippen LogP contribution is -2.08. The quantitative estimate of drug-likeness (QED) is 0.652. The van der Waals surface area contributed by atoms with Gasteiger partial charge in [0, 0.05) is 29.7 Å². The van der Waals surface area contributed by atoms with E-state index in [1.165, 1.54) is 6.08 Å². The Kier molecular flexibility index (Phi) is 5.89. The Labute approximate surface area is 158 Å². The molecule has 2 aromatic carbocycles. The molecular weight excluding hydrogens is 342 g/mol. The molecule has 3 rings (SSSR count). The van der Waals surface area contributed by atoms with Crippen molar-refractivity contribution in [3.05, 3.63) is 78.1 Å². The molecule has 0 saturated carbocycles. The van der Waals surface area contributed by atoms with Crippen LogP contribution in [0.1, 0.15) is 11.1 Å². The van der Waals surface area contributed by atoms with Crippen LogP contribution in [0.2, 0.25) is 0 Å². The monoisotopic (exact) mass is 363 g/mol. The highest BCUT2D eigenvalue weighted by Gasteiger charge is 2.04. The summed E-state index contributed by atoms with van der Waals surface area (Å²) in [6, 6.07) is 15.0. The SMILES string of the molecule is COc1ccc(OC)c(/C=C/C(=O)Nc2cccc(Cn3cccn3)c2)c1. The second-order valence-corrected chi connectivity index (χ2v) is 5.83. The largest absolute Gasteiger partial charge is 0.497 e. The van der Waals surface area contributed by atoms with Crippen molar-refractivity contribution >= 4 is 17.7 Å². The molecule has 3 aromatic rings. The third-order valence-corrected chi connectivity index (χ3v) is 3.95. The second kappa shape index (κ2) is 8.71. The third-order valence-electron chi connectivity index (χ3n) is 3.95. The fourth-order valence-electron chi connectivity index (χ4n) is 2.65. The summed E-state index contributed by atoms with van der Waals surface area (Å²) in [6.07, 6.45) is 6.81. The number of ether oxygens (including phenoxy) is 2. The fourth-order valence-corrected chi connectivity index (χ4v) is 2.65. The maximum Gasteiger partial charge on any atom is 0.248 e. The predicted molar refractivity (Wildman–Crippen MR) is 105 cm³/mol. The highest BCUT2D eigenvalue weighted by atomic mass is 16.5. The molecule has 0 aliphatic heterocycles. The van der Waals surface area contributed by atoms with E-state index in [0.717, 1.165) is 16.8 Å². The zero-order chi connectivity index (χ0) is 19.1. The van der Waals surface area contributed by atoms with E-state index in [1.807, 2.05) is 47.3 Å². The first kappa shape index (κ1) is 18.3. The number of hydrogen-bond acceptors (Lipinski definition) is 4. The first-order valence-electron chi connectivity index (χ1n) is 8.45. The Hall–Kier alpha value is -3.54. The maximum atomic E-state index is 12.3. The number of hydrogen-bond donors (Lipinski definition) is 1. The van der Waals surface area contributed by atoms with Crippen molar-refractivity contribution < 1.29 is 14.3 Å². The van der Waals surface area contributed by atoms with Crippen LogP contribution in [0.15, 0.2) is 67.0 Å². The molecule has 1 heterocycles. The van der Waals surface area contributed by atoms with Gasteiger partial charge in [0.1, 0.15) is 11.5 Å². The number of nitrogens with zero attached hydrogens (tertiary/aromatic N) is 2. The van der Waals surface area contributed by atoms with Gasteiger partial charge < -0.3 is 14.8 Å². The molecule has 0 saturated heterocycles. The molecule has 6 nitrogen and oxygen atoms in total. The van der Waals surface area contributed by atoms with Gasteiger partial charge in [0.05, 0.1) is 20.8 Å². The minimum absolute atomic E-state index is 0.226. The van der Waals surface area contributed by atoms with Gasteiger partial charge in [-0.15, -0.1) is 0 Å². The van der Waals surface area contributed by atoms with E-state index in [4.69, 9.17) is 9.47 Å². The Morgan fingerprint density at radius 1 is 1.15 bits per heavy atom. The van der Waals surface area contributed by atoms with Gasteiger partial charge in [-0.25, -0.2) is 0 Å². The predicted octanol–water partition coefficient (Wildman–Crippen LogP) is 3.60. The fraction of sp³-hybridized carbons (Fsp3) is 0.143. The zero-order valence-electron chi connectivity index (χ0n) is 15.3. The zero-order valence-corrected chi connectivity index (χ0v) is 15.3. The minimum Gasteiger partial charge on any atom is -0.497 e. The van der Waals surface area contributed by atoms with Crippen molar-refractivity contribution in [2.45, 2.75) is 6.54 Å². The number of benzene rings is 2. The average molecular weight is 363 g/mol. The summed E-state index contributed by atoms with van der Waals surface area (Å²) < 4.78 is 12.4. The highest BCUT2D eigenvalue weighted by Crippen LogP contribution is 2.25. The summed E-state index contributed by atoms with van der Waals surface area (Å²) in [4.78, 5) is 12.3. The number of aromatic nitrogens is 2. The van der Waals surface area contributed by atoms with Crippen molar-refractivity contribution in [1.82, 2.24) is 9.78 Å². The van der Waals surface area contributed by atoms with Crippen molar-refractivity contribution in [3.63, 3.8) is 0 Å². The number of carbonyl (C=O) groups excluding carboxylic acids is 1. The van der Waals surface area contributed by atoms with E-state index in [2.05, 4.69) is 10.4 Å². The Bertz CT molecular complexity index is 934. The van der Waals surface area contributed by atoms with Crippen LogP contribution < -0.4 is 14.8 Å². The number of carbonyl (C=O) groups is 1. The van der Waals surface area contributed by atoms with E-state index in [9.17, 15) is 4.79 Å². The van der Waals surface area contributed by atoms with Gasteiger partial charge in [0.15, 0.2) is 0 Å².